The fraction of sp³-hybridized carbons (Fsp3) is 0.571. The van der Waals surface area contributed by atoms with Gasteiger partial charge >= 0.3 is 0 Å². The third kappa shape index (κ3) is 4.17. The number of pyridine rings is 1. The Hall–Kier alpha value is -1.38. The minimum atomic E-state index is 0.181. The SMILES string of the molecule is O=C(CCc1cccnc1)NC1CCCCC1. The molecule has 1 amide bonds. The van der Waals surface area contributed by atoms with Crippen LogP contribution in [0, 0.1) is 0 Å². The Morgan fingerprint density at radius 2 is 2.18 bits per heavy atom. The van der Waals surface area contributed by atoms with E-state index in [9.17, 15) is 4.79 Å². The number of aryl methyl sites for hydroxylation is 1. The minimum absolute atomic E-state index is 0.181. The highest BCUT2D eigenvalue weighted by atomic mass is 16.1. The first kappa shape index (κ1) is 12.1. The molecule has 1 N–H and O–H groups in total. The second kappa shape index (κ2) is 6.38. The van der Waals surface area contributed by atoms with Crippen molar-refractivity contribution in [3.05, 3.63) is 30.1 Å². The molecule has 0 aromatic carbocycles. The third-order valence-electron chi connectivity index (χ3n) is 3.33. The van der Waals surface area contributed by atoms with Crippen molar-refractivity contribution in [3.8, 4) is 0 Å². The third-order valence-corrected chi connectivity index (χ3v) is 3.33. The Balaban J connectivity index is 1.70. The van der Waals surface area contributed by atoms with E-state index >= 15 is 0 Å². The zero-order valence-corrected chi connectivity index (χ0v) is 10.2. The van der Waals surface area contributed by atoms with E-state index in [2.05, 4.69) is 10.3 Å². The zero-order valence-electron chi connectivity index (χ0n) is 10.2. The fourth-order valence-electron chi connectivity index (χ4n) is 2.35. The van der Waals surface area contributed by atoms with E-state index in [1.807, 2.05) is 18.3 Å². The van der Waals surface area contributed by atoms with Gasteiger partial charge in [0, 0.05) is 24.9 Å². The van der Waals surface area contributed by atoms with Crippen LogP contribution in [0.15, 0.2) is 24.5 Å². The molecule has 3 heteroatoms. The monoisotopic (exact) mass is 232 g/mol. The summed E-state index contributed by atoms with van der Waals surface area (Å²) < 4.78 is 0. The van der Waals surface area contributed by atoms with E-state index in [0.29, 0.717) is 12.5 Å². The first-order valence-corrected chi connectivity index (χ1v) is 6.53. The lowest BCUT2D eigenvalue weighted by Gasteiger charge is -2.22. The van der Waals surface area contributed by atoms with Crippen LogP contribution in [0.2, 0.25) is 0 Å². The number of nitrogens with zero attached hydrogens (tertiary/aromatic N) is 1. The van der Waals surface area contributed by atoms with Crippen molar-refractivity contribution >= 4 is 5.91 Å². The van der Waals surface area contributed by atoms with Gasteiger partial charge in [0.05, 0.1) is 0 Å². The smallest absolute Gasteiger partial charge is 0.220 e. The second-order valence-corrected chi connectivity index (χ2v) is 4.76. The maximum Gasteiger partial charge on any atom is 0.220 e. The maximum absolute atomic E-state index is 11.8. The van der Waals surface area contributed by atoms with Gasteiger partial charge in [-0.2, -0.15) is 0 Å². The Kier molecular flexibility index (Phi) is 4.54. The number of hydrogen-bond donors (Lipinski definition) is 1. The number of amides is 1. The molecule has 2 rings (SSSR count). The summed E-state index contributed by atoms with van der Waals surface area (Å²) in [5.41, 5.74) is 1.13. The van der Waals surface area contributed by atoms with Crippen LogP contribution < -0.4 is 5.32 Å². The van der Waals surface area contributed by atoms with Crippen LogP contribution >= 0.6 is 0 Å². The van der Waals surface area contributed by atoms with Crippen LogP contribution in [-0.2, 0) is 11.2 Å². The topological polar surface area (TPSA) is 42.0 Å². The van der Waals surface area contributed by atoms with Crippen molar-refractivity contribution in [2.45, 2.75) is 51.0 Å². The second-order valence-electron chi connectivity index (χ2n) is 4.76. The number of carbonyl (C=O) groups excluding carboxylic acids is 1. The van der Waals surface area contributed by atoms with E-state index in [1.165, 1.54) is 19.3 Å². The Bertz CT molecular complexity index is 344. The van der Waals surface area contributed by atoms with E-state index in [-0.39, 0.29) is 5.91 Å². The predicted molar refractivity (Wildman–Crippen MR) is 67.6 cm³/mol. The highest BCUT2D eigenvalue weighted by molar-refractivity contribution is 5.76. The largest absolute Gasteiger partial charge is 0.353 e. The van der Waals surface area contributed by atoms with Gasteiger partial charge in [0.2, 0.25) is 5.91 Å². The van der Waals surface area contributed by atoms with Crippen molar-refractivity contribution in [2.24, 2.45) is 0 Å². The lowest BCUT2D eigenvalue weighted by atomic mass is 9.95. The number of hydrogen-bond acceptors (Lipinski definition) is 2. The number of carbonyl (C=O) groups is 1. The van der Waals surface area contributed by atoms with Crippen LogP contribution in [-0.4, -0.2) is 16.9 Å². The fourth-order valence-corrected chi connectivity index (χ4v) is 2.35. The van der Waals surface area contributed by atoms with Crippen LogP contribution in [0.1, 0.15) is 44.1 Å². The van der Waals surface area contributed by atoms with Gasteiger partial charge in [0.15, 0.2) is 0 Å². The number of aromatic nitrogens is 1. The molecule has 1 saturated carbocycles. The molecule has 1 aliphatic rings. The Labute approximate surface area is 103 Å². The van der Waals surface area contributed by atoms with Gasteiger partial charge in [-0.25, -0.2) is 0 Å². The van der Waals surface area contributed by atoms with Gasteiger partial charge in [-0.1, -0.05) is 25.3 Å². The summed E-state index contributed by atoms with van der Waals surface area (Å²) in [7, 11) is 0. The molecule has 0 spiro atoms. The van der Waals surface area contributed by atoms with Gasteiger partial charge in [0.25, 0.3) is 0 Å². The summed E-state index contributed by atoms with van der Waals surface area (Å²) in [5, 5.41) is 3.13. The molecule has 0 atom stereocenters. The highest BCUT2D eigenvalue weighted by Gasteiger charge is 2.15. The van der Waals surface area contributed by atoms with Crippen LogP contribution in [0.4, 0.5) is 0 Å². The molecular formula is C14H20N2O. The molecule has 92 valence electrons. The summed E-state index contributed by atoms with van der Waals surface area (Å²) in [6.07, 6.45) is 11.1. The molecule has 1 heterocycles. The van der Waals surface area contributed by atoms with Gasteiger partial charge in [0.1, 0.15) is 0 Å². The maximum atomic E-state index is 11.8. The van der Waals surface area contributed by atoms with Crippen molar-refractivity contribution in [1.82, 2.24) is 10.3 Å². The van der Waals surface area contributed by atoms with E-state index in [0.717, 1.165) is 24.8 Å². The van der Waals surface area contributed by atoms with Crippen molar-refractivity contribution in [3.63, 3.8) is 0 Å². The van der Waals surface area contributed by atoms with Gasteiger partial charge in [-0.3, -0.25) is 9.78 Å². The summed E-state index contributed by atoms with van der Waals surface area (Å²) in [6, 6.07) is 4.35. The molecular weight excluding hydrogens is 212 g/mol. The standard InChI is InChI=1S/C14H20N2O/c17-14(16-13-6-2-1-3-7-13)9-8-12-5-4-10-15-11-12/h4-5,10-11,13H,1-3,6-9H2,(H,16,17). The van der Waals surface area contributed by atoms with Crippen molar-refractivity contribution < 1.29 is 4.79 Å². The number of nitrogens with one attached hydrogen (secondary N) is 1. The quantitative estimate of drug-likeness (QED) is 0.866. The first-order chi connectivity index (χ1) is 8.34. The Morgan fingerprint density at radius 1 is 1.35 bits per heavy atom. The molecule has 1 aliphatic carbocycles. The molecule has 1 aromatic heterocycles. The normalized spacial score (nSPS) is 16.7. The molecule has 1 aromatic rings. The van der Waals surface area contributed by atoms with Crippen LogP contribution in [0.25, 0.3) is 0 Å². The highest BCUT2D eigenvalue weighted by Crippen LogP contribution is 2.17. The van der Waals surface area contributed by atoms with Gasteiger partial charge in [-0.05, 0) is 30.9 Å². The Morgan fingerprint density at radius 3 is 2.88 bits per heavy atom. The average molecular weight is 232 g/mol. The molecule has 0 aliphatic heterocycles. The lowest BCUT2D eigenvalue weighted by Crippen LogP contribution is -2.36. The predicted octanol–water partition coefficient (Wildman–Crippen LogP) is 2.46. The summed E-state index contributed by atoms with van der Waals surface area (Å²) >= 11 is 0. The average Bonchev–Trinajstić information content (AvgIpc) is 2.39. The molecule has 1 fully saturated rings. The molecule has 0 unspecified atom stereocenters. The van der Waals surface area contributed by atoms with Gasteiger partial charge < -0.3 is 5.32 Å². The van der Waals surface area contributed by atoms with Crippen LogP contribution in [0.5, 0.6) is 0 Å². The minimum Gasteiger partial charge on any atom is -0.353 e. The molecule has 3 nitrogen and oxygen atoms in total. The molecule has 17 heavy (non-hydrogen) atoms. The molecule has 0 saturated heterocycles. The van der Waals surface area contributed by atoms with E-state index in [4.69, 9.17) is 0 Å². The summed E-state index contributed by atoms with van der Waals surface area (Å²) in [6.45, 7) is 0. The summed E-state index contributed by atoms with van der Waals surface area (Å²) in [4.78, 5) is 15.8. The molecule has 0 radical (unpaired) electrons. The number of rotatable bonds is 4. The van der Waals surface area contributed by atoms with Crippen LogP contribution in [0.3, 0.4) is 0 Å². The molecule has 0 bridgehead atoms. The van der Waals surface area contributed by atoms with E-state index in [1.54, 1.807) is 6.20 Å². The van der Waals surface area contributed by atoms with Gasteiger partial charge in [-0.15, -0.1) is 0 Å². The zero-order chi connectivity index (χ0) is 11.9. The van der Waals surface area contributed by atoms with E-state index < -0.39 is 0 Å². The van der Waals surface area contributed by atoms with Crippen molar-refractivity contribution in [2.75, 3.05) is 0 Å². The van der Waals surface area contributed by atoms with Crippen molar-refractivity contribution in [1.29, 1.82) is 0 Å². The summed E-state index contributed by atoms with van der Waals surface area (Å²) in [5.74, 6) is 0.181. The lowest BCUT2D eigenvalue weighted by molar-refractivity contribution is -0.121. The first-order valence-electron chi connectivity index (χ1n) is 6.53.